The number of Topliss-reactive ketones (excluding diaryl/α,β-unsaturated/α-hetero) is 4. The Balaban J connectivity index is 2.00. The first-order chi connectivity index (χ1) is 12.0. The van der Waals surface area contributed by atoms with E-state index in [0.717, 1.165) is 0 Å². The van der Waals surface area contributed by atoms with Crippen LogP contribution in [0.15, 0.2) is 59.7 Å². The summed E-state index contributed by atoms with van der Waals surface area (Å²) in [5, 5.41) is 10.5. The van der Waals surface area contributed by atoms with Gasteiger partial charge in [0.05, 0.1) is 5.57 Å². The summed E-state index contributed by atoms with van der Waals surface area (Å²) >= 11 is 0. The molecule has 120 valence electrons. The van der Waals surface area contributed by atoms with Gasteiger partial charge < -0.3 is 5.11 Å². The maximum absolute atomic E-state index is 12.5. The molecule has 0 saturated carbocycles. The number of rotatable bonds is 1. The summed E-state index contributed by atoms with van der Waals surface area (Å²) in [5.74, 6) is -3.97. The SMILES string of the molecule is O=C1C(=O)c2ccccc2C=C1C1=C(O)c2ccccc2C(=O)C1=O. The lowest BCUT2D eigenvalue weighted by Gasteiger charge is -2.21. The van der Waals surface area contributed by atoms with Crippen LogP contribution in [0.3, 0.4) is 0 Å². The number of carbonyl (C=O) groups excluding carboxylic acids is 4. The number of fused-ring (bicyclic) bond motifs is 2. The van der Waals surface area contributed by atoms with E-state index in [1.54, 1.807) is 30.3 Å². The Morgan fingerprint density at radius 2 is 1.16 bits per heavy atom. The molecule has 2 aromatic carbocycles. The van der Waals surface area contributed by atoms with Crippen LogP contribution in [0.1, 0.15) is 31.8 Å². The number of hydrogen-bond acceptors (Lipinski definition) is 5. The second-order valence-electron chi connectivity index (χ2n) is 5.73. The molecule has 0 spiro atoms. The van der Waals surface area contributed by atoms with Gasteiger partial charge in [0.25, 0.3) is 0 Å². The summed E-state index contributed by atoms with van der Waals surface area (Å²) in [7, 11) is 0. The van der Waals surface area contributed by atoms with E-state index < -0.39 is 34.5 Å². The number of hydrogen-bond donors (Lipinski definition) is 1. The largest absolute Gasteiger partial charge is 0.506 e. The van der Waals surface area contributed by atoms with Gasteiger partial charge in [0.1, 0.15) is 5.76 Å². The summed E-state index contributed by atoms with van der Waals surface area (Å²) in [6.07, 6.45) is 1.36. The average molecular weight is 330 g/mol. The first-order valence-corrected chi connectivity index (χ1v) is 7.52. The van der Waals surface area contributed by atoms with Crippen molar-refractivity contribution in [3.05, 3.63) is 81.9 Å². The first kappa shape index (κ1) is 15.0. The van der Waals surface area contributed by atoms with Gasteiger partial charge in [0.15, 0.2) is 0 Å². The van der Waals surface area contributed by atoms with Crippen molar-refractivity contribution in [3.8, 4) is 0 Å². The zero-order valence-corrected chi connectivity index (χ0v) is 12.8. The molecule has 0 amide bonds. The lowest BCUT2D eigenvalue weighted by atomic mass is 9.79. The van der Waals surface area contributed by atoms with Crippen LogP contribution in [-0.2, 0) is 9.59 Å². The van der Waals surface area contributed by atoms with Crippen LogP contribution in [-0.4, -0.2) is 28.2 Å². The van der Waals surface area contributed by atoms with Crippen LogP contribution in [0, 0.1) is 0 Å². The van der Waals surface area contributed by atoms with E-state index in [0.29, 0.717) is 5.56 Å². The predicted molar refractivity (Wildman–Crippen MR) is 89.1 cm³/mol. The van der Waals surface area contributed by atoms with Gasteiger partial charge in [0.2, 0.25) is 23.1 Å². The Bertz CT molecular complexity index is 1070. The minimum Gasteiger partial charge on any atom is -0.506 e. The maximum Gasteiger partial charge on any atom is 0.238 e. The molecule has 5 heteroatoms. The summed E-state index contributed by atoms with van der Waals surface area (Å²) < 4.78 is 0. The Labute approximate surface area is 141 Å². The number of benzene rings is 2. The number of aliphatic hydroxyl groups excluding tert-OH is 1. The van der Waals surface area contributed by atoms with Gasteiger partial charge in [-0.15, -0.1) is 0 Å². The van der Waals surface area contributed by atoms with Crippen molar-refractivity contribution < 1.29 is 24.3 Å². The molecule has 0 atom stereocenters. The molecule has 5 nitrogen and oxygen atoms in total. The van der Waals surface area contributed by atoms with Crippen molar-refractivity contribution >= 4 is 35.0 Å². The molecule has 0 aliphatic heterocycles. The minimum atomic E-state index is -0.997. The van der Waals surface area contributed by atoms with E-state index in [9.17, 15) is 24.3 Å². The van der Waals surface area contributed by atoms with E-state index in [1.165, 1.54) is 24.3 Å². The highest BCUT2D eigenvalue weighted by molar-refractivity contribution is 6.59. The van der Waals surface area contributed by atoms with Gasteiger partial charge in [0, 0.05) is 22.3 Å². The molecule has 0 heterocycles. The fourth-order valence-corrected chi connectivity index (χ4v) is 3.10. The van der Waals surface area contributed by atoms with Crippen molar-refractivity contribution in [3.63, 3.8) is 0 Å². The molecule has 1 N–H and O–H groups in total. The Morgan fingerprint density at radius 1 is 0.600 bits per heavy atom. The van der Waals surface area contributed by atoms with Crippen LogP contribution < -0.4 is 0 Å². The summed E-state index contributed by atoms with van der Waals surface area (Å²) in [6, 6.07) is 12.6. The molecule has 0 bridgehead atoms. The quantitative estimate of drug-likeness (QED) is 0.812. The van der Waals surface area contributed by atoms with Gasteiger partial charge >= 0.3 is 0 Å². The fraction of sp³-hybridized carbons (Fsp3) is 0. The molecular formula is C20H10O5. The lowest BCUT2D eigenvalue weighted by molar-refractivity contribution is -0.114. The standard InChI is InChI=1S/C20H10O5/c21-16-12-7-3-4-8-13(12)18(23)20(25)15(16)14-9-10-5-1-2-6-11(10)17(22)19(14)24/h1-9,21H. The summed E-state index contributed by atoms with van der Waals surface area (Å²) in [5.41, 5.74) is 0.255. The van der Waals surface area contributed by atoms with Crippen LogP contribution in [0.5, 0.6) is 0 Å². The van der Waals surface area contributed by atoms with Crippen molar-refractivity contribution in [2.24, 2.45) is 0 Å². The van der Waals surface area contributed by atoms with Crippen molar-refractivity contribution in [2.75, 3.05) is 0 Å². The molecule has 25 heavy (non-hydrogen) atoms. The third kappa shape index (κ3) is 2.03. The maximum atomic E-state index is 12.5. The van der Waals surface area contributed by atoms with E-state index in [-0.39, 0.29) is 22.3 Å². The van der Waals surface area contributed by atoms with E-state index in [1.807, 2.05) is 0 Å². The number of allylic oxidation sites excluding steroid dienone is 2. The van der Waals surface area contributed by atoms with Gasteiger partial charge in [-0.3, -0.25) is 19.2 Å². The van der Waals surface area contributed by atoms with Gasteiger partial charge in [-0.2, -0.15) is 0 Å². The molecular weight excluding hydrogens is 320 g/mol. The Morgan fingerprint density at radius 3 is 1.88 bits per heavy atom. The molecule has 2 aliphatic carbocycles. The molecule has 0 saturated heterocycles. The molecule has 2 aromatic rings. The lowest BCUT2D eigenvalue weighted by Crippen LogP contribution is -2.30. The topological polar surface area (TPSA) is 88.5 Å². The summed E-state index contributed by atoms with van der Waals surface area (Å²) in [6.45, 7) is 0. The second-order valence-corrected chi connectivity index (χ2v) is 5.73. The monoisotopic (exact) mass is 330 g/mol. The zero-order chi connectivity index (χ0) is 17.7. The van der Waals surface area contributed by atoms with Crippen LogP contribution in [0.2, 0.25) is 0 Å². The second kappa shape index (κ2) is 5.21. The predicted octanol–water partition coefficient (Wildman–Crippen LogP) is 2.57. The van der Waals surface area contributed by atoms with Crippen molar-refractivity contribution in [2.45, 2.75) is 0 Å². The minimum absolute atomic E-state index is 0.0735. The van der Waals surface area contributed by atoms with Gasteiger partial charge in [-0.05, 0) is 11.6 Å². The van der Waals surface area contributed by atoms with Gasteiger partial charge in [-0.25, -0.2) is 0 Å². The number of carbonyl (C=O) groups is 4. The van der Waals surface area contributed by atoms with Gasteiger partial charge in [-0.1, -0.05) is 48.5 Å². The Kier molecular flexibility index (Phi) is 3.12. The first-order valence-electron chi connectivity index (χ1n) is 7.52. The fourth-order valence-electron chi connectivity index (χ4n) is 3.10. The number of ketones is 4. The van der Waals surface area contributed by atoms with Crippen molar-refractivity contribution in [1.82, 2.24) is 0 Å². The van der Waals surface area contributed by atoms with Crippen LogP contribution in [0.25, 0.3) is 11.8 Å². The molecule has 2 aliphatic rings. The highest BCUT2D eigenvalue weighted by atomic mass is 16.3. The van der Waals surface area contributed by atoms with E-state index >= 15 is 0 Å². The molecule has 0 fully saturated rings. The third-order valence-electron chi connectivity index (χ3n) is 4.32. The van der Waals surface area contributed by atoms with E-state index in [2.05, 4.69) is 0 Å². The highest BCUT2D eigenvalue weighted by Gasteiger charge is 2.39. The van der Waals surface area contributed by atoms with Crippen molar-refractivity contribution in [1.29, 1.82) is 0 Å². The third-order valence-corrected chi connectivity index (χ3v) is 4.32. The van der Waals surface area contributed by atoms with Crippen LogP contribution >= 0.6 is 0 Å². The number of aliphatic hydroxyl groups is 1. The van der Waals surface area contributed by atoms with E-state index in [4.69, 9.17) is 0 Å². The molecule has 0 aromatic heterocycles. The molecule has 0 radical (unpaired) electrons. The molecule has 0 unspecified atom stereocenters. The summed E-state index contributed by atoms with van der Waals surface area (Å²) in [4.78, 5) is 49.6. The smallest absolute Gasteiger partial charge is 0.238 e. The normalized spacial score (nSPS) is 16.6. The molecule has 4 rings (SSSR count). The zero-order valence-electron chi connectivity index (χ0n) is 12.8. The van der Waals surface area contributed by atoms with Crippen LogP contribution in [0.4, 0.5) is 0 Å². The average Bonchev–Trinajstić information content (AvgIpc) is 2.64. The highest BCUT2D eigenvalue weighted by Crippen LogP contribution is 2.35. The Hall–Kier alpha value is -3.60.